The van der Waals surface area contributed by atoms with Crippen LogP contribution < -0.4 is 10.1 Å². The highest BCUT2D eigenvalue weighted by atomic mass is 32.2. The van der Waals surface area contributed by atoms with Gasteiger partial charge in [-0.1, -0.05) is 121 Å². The van der Waals surface area contributed by atoms with Gasteiger partial charge in [-0.15, -0.1) is 0 Å². The third kappa shape index (κ3) is 12.1. The molecule has 230 valence electrons. The van der Waals surface area contributed by atoms with E-state index >= 15 is 0 Å². The van der Waals surface area contributed by atoms with Crippen molar-refractivity contribution >= 4 is 15.5 Å². The zero-order valence-electron chi connectivity index (χ0n) is 25.5. The molecule has 6 heteroatoms. The summed E-state index contributed by atoms with van der Waals surface area (Å²) in [5.41, 5.74) is 0.719. The van der Waals surface area contributed by atoms with E-state index in [9.17, 15) is 13.5 Å². The van der Waals surface area contributed by atoms with Gasteiger partial charge in [0.2, 0.25) is 9.84 Å². The second kappa shape index (κ2) is 19.2. The van der Waals surface area contributed by atoms with Crippen LogP contribution in [-0.4, -0.2) is 20.1 Å². The van der Waals surface area contributed by atoms with Crippen molar-refractivity contribution in [3.63, 3.8) is 0 Å². The average molecular weight is 594 g/mol. The third-order valence-corrected chi connectivity index (χ3v) is 9.51. The van der Waals surface area contributed by atoms with Crippen molar-refractivity contribution in [2.24, 2.45) is 0 Å². The summed E-state index contributed by atoms with van der Waals surface area (Å²) in [6.07, 6.45) is 21.5. The lowest BCUT2D eigenvalue weighted by Gasteiger charge is -2.14. The molecule has 0 spiro atoms. The van der Waals surface area contributed by atoms with Crippen molar-refractivity contribution in [1.82, 2.24) is 0 Å². The molecule has 0 aliphatic carbocycles. The molecule has 0 fully saturated rings. The molecule has 0 radical (unpaired) electrons. The summed E-state index contributed by atoms with van der Waals surface area (Å²) in [6, 6.07) is 19.8. The molecule has 0 amide bonds. The molecule has 0 bridgehead atoms. The van der Waals surface area contributed by atoms with Gasteiger partial charge in [0.1, 0.15) is 11.5 Å². The Bertz CT molecular complexity index is 1240. The summed E-state index contributed by atoms with van der Waals surface area (Å²) in [6.45, 7) is 3.07. The predicted octanol–water partition coefficient (Wildman–Crippen LogP) is 10.7. The van der Waals surface area contributed by atoms with Gasteiger partial charge in [0.25, 0.3) is 0 Å². The highest BCUT2D eigenvalue weighted by molar-refractivity contribution is 7.91. The Morgan fingerprint density at radius 3 is 1.67 bits per heavy atom. The van der Waals surface area contributed by atoms with Crippen LogP contribution in [0.4, 0.5) is 5.69 Å². The number of rotatable bonds is 22. The first-order chi connectivity index (χ1) is 20.5. The van der Waals surface area contributed by atoms with Gasteiger partial charge >= 0.3 is 0 Å². The van der Waals surface area contributed by atoms with Crippen molar-refractivity contribution in [2.45, 2.75) is 119 Å². The van der Waals surface area contributed by atoms with Gasteiger partial charge in [-0.3, -0.25) is 0 Å². The Hall–Kier alpha value is -2.99. The van der Waals surface area contributed by atoms with Crippen LogP contribution in [-0.2, 0) is 9.84 Å². The number of hydrogen-bond acceptors (Lipinski definition) is 5. The minimum absolute atomic E-state index is 0.168. The van der Waals surface area contributed by atoms with E-state index in [1.807, 2.05) is 0 Å². The summed E-state index contributed by atoms with van der Waals surface area (Å²) in [5, 5.41) is 13.4. The van der Waals surface area contributed by atoms with Gasteiger partial charge < -0.3 is 15.2 Å². The Labute approximate surface area is 254 Å². The molecule has 2 N–H and O–H groups in total. The number of unbranched alkanes of at least 4 members (excludes halogenated alkanes) is 15. The number of phenols is 1. The van der Waals surface area contributed by atoms with Crippen molar-refractivity contribution in [3.8, 4) is 17.2 Å². The molecule has 0 atom stereocenters. The number of nitrogens with one attached hydrogen (secondary N) is 1. The SMILES string of the molecule is CCCCCCCCCCCCCCCCCCNc1cc(O)ccc1Oc1ccc(S(=O)(=O)c2ccccc2)cc1. The molecule has 0 unspecified atom stereocenters. The Morgan fingerprint density at radius 1 is 0.619 bits per heavy atom. The maximum Gasteiger partial charge on any atom is 0.206 e. The second-order valence-corrected chi connectivity index (χ2v) is 13.3. The number of sulfone groups is 1. The van der Waals surface area contributed by atoms with Gasteiger partial charge in [0.15, 0.2) is 5.75 Å². The van der Waals surface area contributed by atoms with E-state index in [-0.39, 0.29) is 15.5 Å². The summed E-state index contributed by atoms with van der Waals surface area (Å²) in [7, 11) is -3.58. The average Bonchev–Trinajstić information content (AvgIpc) is 3.00. The normalized spacial score (nSPS) is 11.5. The van der Waals surface area contributed by atoms with E-state index in [1.165, 1.54) is 96.3 Å². The number of hydrogen-bond donors (Lipinski definition) is 2. The summed E-state index contributed by atoms with van der Waals surface area (Å²) >= 11 is 0. The molecular weight excluding hydrogens is 542 g/mol. The molecule has 3 rings (SSSR count). The van der Waals surface area contributed by atoms with Crippen LogP contribution in [0.2, 0.25) is 0 Å². The maximum atomic E-state index is 12.9. The molecule has 0 heterocycles. The lowest BCUT2D eigenvalue weighted by atomic mass is 10.0. The quantitative estimate of drug-likeness (QED) is 0.113. The van der Waals surface area contributed by atoms with Crippen LogP contribution >= 0.6 is 0 Å². The first kappa shape index (κ1) is 33.5. The zero-order chi connectivity index (χ0) is 29.9. The standard InChI is InChI=1S/C36H51NO4S/c1-2-3-4-5-6-7-8-9-10-11-12-13-14-15-16-20-29-37-35-30-31(38)23-28-36(35)41-32-24-26-34(27-25-32)42(39,40)33-21-18-17-19-22-33/h17-19,21-28,30,37-38H,2-16,20,29H2,1H3. The highest BCUT2D eigenvalue weighted by Gasteiger charge is 2.17. The minimum atomic E-state index is -3.58. The first-order valence-electron chi connectivity index (χ1n) is 16.2. The molecule has 5 nitrogen and oxygen atoms in total. The van der Waals surface area contributed by atoms with Crippen molar-refractivity contribution in [3.05, 3.63) is 72.8 Å². The number of aromatic hydroxyl groups is 1. The Kier molecular flexibility index (Phi) is 15.4. The van der Waals surface area contributed by atoms with Crippen molar-refractivity contribution < 1.29 is 18.3 Å². The van der Waals surface area contributed by atoms with Crippen molar-refractivity contribution in [1.29, 1.82) is 0 Å². The molecule has 0 aliphatic heterocycles. The Balaban J connectivity index is 1.31. The lowest BCUT2D eigenvalue weighted by molar-refractivity contribution is 0.465. The fraction of sp³-hybridized carbons (Fsp3) is 0.500. The van der Waals surface area contributed by atoms with E-state index < -0.39 is 9.84 Å². The number of anilines is 1. The lowest BCUT2D eigenvalue weighted by Crippen LogP contribution is -2.03. The van der Waals surface area contributed by atoms with Crippen LogP contribution in [0.3, 0.4) is 0 Å². The van der Waals surface area contributed by atoms with E-state index in [2.05, 4.69) is 12.2 Å². The van der Waals surface area contributed by atoms with Gasteiger partial charge in [0.05, 0.1) is 15.5 Å². The van der Waals surface area contributed by atoms with Crippen LogP contribution in [0.1, 0.15) is 110 Å². The van der Waals surface area contributed by atoms with E-state index in [1.54, 1.807) is 72.8 Å². The molecule has 42 heavy (non-hydrogen) atoms. The predicted molar refractivity (Wildman–Crippen MR) is 175 cm³/mol. The monoisotopic (exact) mass is 593 g/mol. The van der Waals surface area contributed by atoms with Gasteiger partial charge in [-0.25, -0.2) is 8.42 Å². The molecule has 3 aromatic rings. The van der Waals surface area contributed by atoms with E-state index in [0.717, 1.165) is 18.7 Å². The van der Waals surface area contributed by atoms with Crippen LogP contribution in [0.25, 0.3) is 0 Å². The van der Waals surface area contributed by atoms with Gasteiger partial charge in [-0.2, -0.15) is 0 Å². The third-order valence-electron chi connectivity index (χ3n) is 7.72. The summed E-state index contributed by atoms with van der Waals surface area (Å²) in [4.78, 5) is 0.478. The van der Waals surface area contributed by atoms with Crippen LogP contribution in [0.5, 0.6) is 17.2 Å². The number of ether oxygens (including phenoxy) is 1. The number of benzene rings is 3. The highest BCUT2D eigenvalue weighted by Crippen LogP contribution is 2.33. The number of phenolic OH excluding ortho intramolecular Hbond substituents is 1. The summed E-state index contributed by atoms with van der Waals surface area (Å²) in [5.74, 6) is 1.28. The largest absolute Gasteiger partial charge is 0.508 e. The van der Waals surface area contributed by atoms with Crippen LogP contribution in [0, 0.1) is 0 Å². The van der Waals surface area contributed by atoms with Crippen molar-refractivity contribution in [2.75, 3.05) is 11.9 Å². The molecule has 0 saturated heterocycles. The maximum absolute atomic E-state index is 12.9. The zero-order valence-corrected chi connectivity index (χ0v) is 26.3. The molecule has 0 saturated carbocycles. The fourth-order valence-corrected chi connectivity index (χ4v) is 6.47. The smallest absolute Gasteiger partial charge is 0.206 e. The Morgan fingerprint density at radius 2 is 1.12 bits per heavy atom. The van der Waals surface area contributed by atoms with Gasteiger partial charge in [0, 0.05) is 12.6 Å². The van der Waals surface area contributed by atoms with Gasteiger partial charge in [-0.05, 0) is 55.0 Å². The van der Waals surface area contributed by atoms with E-state index in [0.29, 0.717) is 11.5 Å². The molecule has 3 aromatic carbocycles. The minimum Gasteiger partial charge on any atom is -0.508 e. The van der Waals surface area contributed by atoms with Crippen LogP contribution in [0.15, 0.2) is 82.6 Å². The molecular formula is C36H51NO4S. The first-order valence-corrected chi connectivity index (χ1v) is 17.6. The topological polar surface area (TPSA) is 75.6 Å². The molecule has 0 aromatic heterocycles. The fourth-order valence-electron chi connectivity index (χ4n) is 5.19. The second-order valence-electron chi connectivity index (χ2n) is 11.3. The molecule has 0 aliphatic rings. The van der Waals surface area contributed by atoms with E-state index in [4.69, 9.17) is 4.74 Å². The summed E-state index contributed by atoms with van der Waals surface area (Å²) < 4.78 is 31.8.